The number of ether oxygens (including phenoxy) is 1. The fraction of sp³-hybridized carbons (Fsp3) is 0.308. The number of hydrogen-bond acceptors (Lipinski definition) is 5. The smallest absolute Gasteiger partial charge is 0.274 e. The normalized spacial score (nSPS) is 16.4. The topological polar surface area (TPSA) is 75.6 Å². The van der Waals surface area contributed by atoms with E-state index in [2.05, 4.69) is 9.97 Å². The highest BCUT2D eigenvalue weighted by Crippen LogP contribution is 2.15. The molecular formula is C26H27FN4O3. The van der Waals surface area contributed by atoms with E-state index >= 15 is 0 Å². The number of carbonyl (C=O) groups excluding carboxylic acids is 2. The van der Waals surface area contributed by atoms with Gasteiger partial charge in [-0.05, 0) is 36.6 Å². The summed E-state index contributed by atoms with van der Waals surface area (Å²) in [6.07, 6.45) is 3.20. The first-order valence-corrected chi connectivity index (χ1v) is 11.2. The Kier molecular flexibility index (Phi) is 7.59. The van der Waals surface area contributed by atoms with Crippen LogP contribution in [0.3, 0.4) is 0 Å². The molecule has 0 saturated carbocycles. The molecule has 2 amide bonds. The van der Waals surface area contributed by atoms with Crippen molar-refractivity contribution in [3.8, 4) is 0 Å². The van der Waals surface area contributed by atoms with Crippen molar-refractivity contribution < 1.29 is 18.7 Å². The van der Waals surface area contributed by atoms with Crippen molar-refractivity contribution in [2.24, 2.45) is 0 Å². The number of halogens is 1. The molecule has 1 aliphatic rings. The summed E-state index contributed by atoms with van der Waals surface area (Å²) in [4.78, 5) is 37.7. The lowest BCUT2D eigenvalue weighted by atomic mass is 10.1. The fourth-order valence-corrected chi connectivity index (χ4v) is 3.87. The lowest BCUT2D eigenvalue weighted by Gasteiger charge is -2.25. The van der Waals surface area contributed by atoms with Gasteiger partial charge in [-0.15, -0.1) is 0 Å². The van der Waals surface area contributed by atoms with Crippen molar-refractivity contribution >= 4 is 11.8 Å². The molecule has 2 heterocycles. The number of aromatic nitrogens is 2. The SMILES string of the molecule is Cc1cnc(C(=O)N2CC(=O)N(CCc3ccccc3)C[C@H](OCc3cccc(F)c3)C2)cn1. The van der Waals surface area contributed by atoms with Gasteiger partial charge in [-0.3, -0.25) is 14.6 Å². The summed E-state index contributed by atoms with van der Waals surface area (Å²) < 4.78 is 19.7. The summed E-state index contributed by atoms with van der Waals surface area (Å²) >= 11 is 0. The zero-order valence-electron chi connectivity index (χ0n) is 19.1. The Bertz CT molecular complexity index is 1120. The van der Waals surface area contributed by atoms with E-state index in [-0.39, 0.29) is 43.0 Å². The maximum Gasteiger partial charge on any atom is 0.274 e. The van der Waals surface area contributed by atoms with Gasteiger partial charge in [-0.1, -0.05) is 42.5 Å². The van der Waals surface area contributed by atoms with Crippen LogP contribution in [0.4, 0.5) is 4.39 Å². The van der Waals surface area contributed by atoms with Crippen LogP contribution in [-0.4, -0.2) is 63.9 Å². The van der Waals surface area contributed by atoms with Gasteiger partial charge in [0, 0.05) is 25.8 Å². The monoisotopic (exact) mass is 462 g/mol. The molecule has 0 bridgehead atoms. The van der Waals surface area contributed by atoms with Crippen LogP contribution >= 0.6 is 0 Å². The average molecular weight is 463 g/mol. The number of aryl methyl sites for hydroxylation is 1. The first-order chi connectivity index (χ1) is 16.5. The largest absolute Gasteiger partial charge is 0.370 e. The number of nitrogens with zero attached hydrogens (tertiary/aromatic N) is 4. The second-order valence-corrected chi connectivity index (χ2v) is 8.37. The van der Waals surface area contributed by atoms with E-state index in [9.17, 15) is 14.0 Å². The third-order valence-corrected chi connectivity index (χ3v) is 5.70. The summed E-state index contributed by atoms with van der Waals surface area (Å²) in [6, 6.07) is 16.1. The highest BCUT2D eigenvalue weighted by molar-refractivity contribution is 5.95. The van der Waals surface area contributed by atoms with E-state index in [1.807, 2.05) is 30.3 Å². The molecule has 1 fully saturated rings. The summed E-state index contributed by atoms with van der Waals surface area (Å²) in [6.45, 7) is 2.97. The minimum atomic E-state index is -0.437. The second-order valence-electron chi connectivity index (χ2n) is 8.37. The van der Waals surface area contributed by atoms with Crippen LogP contribution in [0.5, 0.6) is 0 Å². The first kappa shape index (κ1) is 23.5. The lowest BCUT2D eigenvalue weighted by molar-refractivity contribution is -0.131. The van der Waals surface area contributed by atoms with Crippen molar-refractivity contribution in [2.75, 3.05) is 26.2 Å². The molecule has 7 nitrogen and oxygen atoms in total. The Balaban J connectivity index is 1.50. The predicted octanol–water partition coefficient (Wildman–Crippen LogP) is 3.04. The molecule has 0 unspecified atom stereocenters. The molecule has 3 aromatic rings. The molecule has 1 saturated heterocycles. The van der Waals surface area contributed by atoms with Gasteiger partial charge in [0.15, 0.2) is 0 Å². The summed E-state index contributed by atoms with van der Waals surface area (Å²) in [5.74, 6) is -0.859. The molecule has 0 N–H and O–H groups in total. The number of carbonyl (C=O) groups is 2. The molecule has 2 aromatic carbocycles. The molecule has 1 atom stereocenters. The third kappa shape index (κ3) is 6.23. The van der Waals surface area contributed by atoms with Gasteiger partial charge in [0.1, 0.15) is 18.1 Å². The number of benzene rings is 2. The van der Waals surface area contributed by atoms with Gasteiger partial charge in [0.2, 0.25) is 5.91 Å². The molecule has 176 valence electrons. The maximum absolute atomic E-state index is 13.6. The minimum absolute atomic E-state index is 0.0665. The summed E-state index contributed by atoms with van der Waals surface area (Å²) in [5.41, 5.74) is 2.69. The fourth-order valence-electron chi connectivity index (χ4n) is 3.87. The van der Waals surface area contributed by atoms with Crippen molar-refractivity contribution in [3.05, 3.63) is 95.3 Å². The van der Waals surface area contributed by atoms with Crippen LogP contribution in [0.2, 0.25) is 0 Å². The van der Waals surface area contributed by atoms with Gasteiger partial charge in [0.25, 0.3) is 5.91 Å². The van der Waals surface area contributed by atoms with Crippen LogP contribution in [0.15, 0.2) is 67.0 Å². The Morgan fingerprint density at radius 3 is 2.59 bits per heavy atom. The first-order valence-electron chi connectivity index (χ1n) is 11.2. The van der Waals surface area contributed by atoms with Crippen molar-refractivity contribution in [2.45, 2.75) is 26.1 Å². The van der Waals surface area contributed by atoms with Crippen LogP contribution in [0, 0.1) is 12.7 Å². The Hall–Kier alpha value is -3.65. The molecule has 1 aliphatic heterocycles. The average Bonchev–Trinajstić information content (AvgIpc) is 3.00. The zero-order chi connectivity index (χ0) is 23.9. The predicted molar refractivity (Wildman–Crippen MR) is 124 cm³/mol. The summed E-state index contributed by atoms with van der Waals surface area (Å²) in [7, 11) is 0. The molecule has 0 spiro atoms. The third-order valence-electron chi connectivity index (χ3n) is 5.70. The number of hydrogen-bond donors (Lipinski definition) is 0. The van der Waals surface area contributed by atoms with Gasteiger partial charge < -0.3 is 14.5 Å². The van der Waals surface area contributed by atoms with E-state index in [4.69, 9.17) is 4.74 Å². The summed E-state index contributed by atoms with van der Waals surface area (Å²) in [5, 5.41) is 0. The Morgan fingerprint density at radius 2 is 1.85 bits per heavy atom. The van der Waals surface area contributed by atoms with Crippen molar-refractivity contribution in [1.29, 1.82) is 0 Å². The Labute approximate surface area is 198 Å². The van der Waals surface area contributed by atoms with Gasteiger partial charge >= 0.3 is 0 Å². The number of amides is 2. The molecule has 1 aromatic heterocycles. The van der Waals surface area contributed by atoms with E-state index in [1.165, 1.54) is 29.4 Å². The maximum atomic E-state index is 13.6. The second kappa shape index (κ2) is 11.0. The molecule has 4 rings (SSSR count). The highest BCUT2D eigenvalue weighted by Gasteiger charge is 2.31. The van der Waals surface area contributed by atoms with Gasteiger partial charge in [-0.25, -0.2) is 9.37 Å². The van der Waals surface area contributed by atoms with Gasteiger partial charge in [0.05, 0.1) is 24.6 Å². The quantitative estimate of drug-likeness (QED) is 0.540. The Morgan fingerprint density at radius 1 is 1.06 bits per heavy atom. The van der Waals surface area contributed by atoms with Crippen molar-refractivity contribution in [3.63, 3.8) is 0 Å². The lowest BCUT2D eigenvalue weighted by Crippen LogP contribution is -2.40. The standard InChI is InChI=1S/C26H27FN4O3/c1-19-13-29-24(14-28-19)26(33)31-16-23(34-18-21-8-5-9-22(27)12-21)15-30(25(32)17-31)11-10-20-6-3-2-4-7-20/h2-9,12-14,23H,10-11,15-18H2,1H3/t23-/m0/s1. The van der Waals surface area contributed by atoms with Crippen molar-refractivity contribution in [1.82, 2.24) is 19.8 Å². The van der Waals surface area contributed by atoms with E-state index < -0.39 is 6.10 Å². The van der Waals surface area contributed by atoms with E-state index in [0.717, 1.165) is 5.56 Å². The van der Waals surface area contributed by atoms with Crippen LogP contribution in [-0.2, 0) is 22.6 Å². The van der Waals surface area contributed by atoms with E-state index in [1.54, 1.807) is 24.0 Å². The zero-order valence-corrected chi connectivity index (χ0v) is 19.1. The van der Waals surface area contributed by atoms with Gasteiger partial charge in [-0.2, -0.15) is 0 Å². The molecular weight excluding hydrogens is 435 g/mol. The van der Waals surface area contributed by atoms with Crippen LogP contribution in [0.25, 0.3) is 0 Å². The van der Waals surface area contributed by atoms with Crippen LogP contribution in [0.1, 0.15) is 27.3 Å². The molecule has 8 heteroatoms. The van der Waals surface area contributed by atoms with E-state index in [0.29, 0.717) is 30.8 Å². The highest BCUT2D eigenvalue weighted by atomic mass is 19.1. The minimum Gasteiger partial charge on any atom is -0.370 e. The number of rotatable bonds is 7. The molecule has 0 radical (unpaired) electrons. The molecule has 34 heavy (non-hydrogen) atoms. The van der Waals surface area contributed by atoms with Crippen LogP contribution < -0.4 is 0 Å². The molecule has 0 aliphatic carbocycles.